The van der Waals surface area contributed by atoms with Gasteiger partial charge in [-0.15, -0.1) is 0 Å². The number of nitrogens with two attached hydrogens (primary N) is 1. The monoisotopic (exact) mass is 250 g/mol. The van der Waals surface area contributed by atoms with Crippen LogP contribution in [0.1, 0.15) is 0 Å². The molecule has 0 saturated heterocycles. The van der Waals surface area contributed by atoms with E-state index in [1.165, 1.54) is 0 Å². The van der Waals surface area contributed by atoms with E-state index in [0.29, 0.717) is 6.54 Å². The molecule has 0 aliphatic heterocycles. The predicted octanol–water partition coefficient (Wildman–Crippen LogP) is 0.0202. The molecule has 92 valence electrons. The van der Waals surface area contributed by atoms with E-state index in [2.05, 4.69) is 5.32 Å². The summed E-state index contributed by atoms with van der Waals surface area (Å²) in [6.45, 7) is 0.717. The highest BCUT2D eigenvalue weighted by atomic mass is 32.3. The van der Waals surface area contributed by atoms with Crippen LogP contribution in [0, 0.1) is 0 Å². The summed E-state index contributed by atoms with van der Waals surface area (Å²) in [6, 6.07) is 7.40. The lowest BCUT2D eigenvalue weighted by Crippen LogP contribution is -2.04. The number of hydrogen-bond donors (Lipinski definition) is 5. The second-order valence-corrected chi connectivity index (χ2v) is 3.62. The molecule has 0 atom stereocenters. The first-order valence-corrected chi connectivity index (χ1v) is 5.63. The zero-order chi connectivity index (χ0) is 12.6. The van der Waals surface area contributed by atoms with E-state index in [4.69, 9.17) is 28.4 Å². The smallest absolute Gasteiger partial charge is 0.394 e. The van der Waals surface area contributed by atoms with Gasteiger partial charge < -0.3 is 16.2 Å². The molecule has 0 saturated carbocycles. The van der Waals surface area contributed by atoms with Crippen molar-refractivity contribution in [2.45, 2.75) is 0 Å². The number of nitrogen functional groups attached to an aromatic ring is 1. The largest absolute Gasteiger partial charge is 0.399 e. The van der Waals surface area contributed by atoms with Gasteiger partial charge >= 0.3 is 10.4 Å². The van der Waals surface area contributed by atoms with E-state index < -0.39 is 10.4 Å². The van der Waals surface area contributed by atoms with Crippen molar-refractivity contribution < 1.29 is 22.6 Å². The van der Waals surface area contributed by atoms with Crippen LogP contribution in [-0.4, -0.2) is 35.8 Å². The molecule has 0 amide bonds. The van der Waals surface area contributed by atoms with Gasteiger partial charge in [-0.3, -0.25) is 9.11 Å². The highest BCUT2D eigenvalue weighted by Gasteiger charge is 1.88. The molecule has 1 aromatic carbocycles. The highest BCUT2D eigenvalue weighted by Crippen LogP contribution is 2.09. The van der Waals surface area contributed by atoms with E-state index in [1.54, 1.807) is 0 Å². The van der Waals surface area contributed by atoms with Gasteiger partial charge in [-0.1, -0.05) is 0 Å². The Hall–Kier alpha value is -1.35. The van der Waals surface area contributed by atoms with Gasteiger partial charge in [0.25, 0.3) is 0 Å². The Balaban J connectivity index is 0.000000385. The average molecular weight is 250 g/mol. The van der Waals surface area contributed by atoms with Crippen molar-refractivity contribution in [1.29, 1.82) is 0 Å². The fourth-order valence-corrected chi connectivity index (χ4v) is 0.801. The summed E-state index contributed by atoms with van der Waals surface area (Å²) in [5.41, 5.74) is 7.21. The second kappa shape index (κ2) is 7.01. The molecule has 6 N–H and O–H groups in total. The first kappa shape index (κ1) is 14.6. The van der Waals surface area contributed by atoms with Crippen LogP contribution < -0.4 is 11.1 Å². The molecule has 0 heterocycles. The number of anilines is 2. The van der Waals surface area contributed by atoms with Crippen molar-refractivity contribution in [2.75, 3.05) is 24.2 Å². The van der Waals surface area contributed by atoms with Crippen molar-refractivity contribution in [3.8, 4) is 0 Å². The molecule has 0 aliphatic rings. The van der Waals surface area contributed by atoms with Crippen molar-refractivity contribution in [1.82, 2.24) is 0 Å². The quantitative estimate of drug-likeness (QED) is 0.377. The lowest BCUT2D eigenvalue weighted by atomic mass is 10.3. The van der Waals surface area contributed by atoms with Gasteiger partial charge in [0.15, 0.2) is 0 Å². The van der Waals surface area contributed by atoms with E-state index >= 15 is 0 Å². The summed E-state index contributed by atoms with van der Waals surface area (Å²) in [7, 11) is -4.67. The molecule has 0 unspecified atom stereocenters. The van der Waals surface area contributed by atoms with E-state index in [9.17, 15) is 0 Å². The van der Waals surface area contributed by atoms with E-state index in [1.807, 2.05) is 24.3 Å². The normalized spacial score (nSPS) is 10.2. The minimum atomic E-state index is -4.67. The Morgan fingerprint density at radius 3 is 2.00 bits per heavy atom. The molecule has 0 bridgehead atoms. The molecule has 0 fully saturated rings. The van der Waals surface area contributed by atoms with Crippen LogP contribution in [0.3, 0.4) is 0 Å². The average Bonchev–Trinajstić information content (AvgIpc) is 2.14. The standard InChI is InChI=1S/C8H12N2O.H2O4S/c9-7-1-3-8(4-2-7)10-5-6-11;1-5(2,3)4/h1-4,10-11H,5-6,9H2;(H2,1,2,3,4). The molecule has 0 aliphatic carbocycles. The second-order valence-electron chi connectivity index (χ2n) is 2.72. The third kappa shape index (κ3) is 10.7. The maximum absolute atomic E-state index is 8.74. The fourth-order valence-electron chi connectivity index (χ4n) is 0.801. The molecule has 1 aromatic rings. The zero-order valence-corrected chi connectivity index (χ0v) is 9.18. The molecular formula is C8H14N2O5S. The summed E-state index contributed by atoms with van der Waals surface area (Å²) in [5.74, 6) is 0. The summed E-state index contributed by atoms with van der Waals surface area (Å²) in [5, 5.41) is 11.5. The molecule has 0 aromatic heterocycles. The van der Waals surface area contributed by atoms with Gasteiger partial charge in [-0.25, -0.2) is 0 Å². The van der Waals surface area contributed by atoms with Gasteiger partial charge in [0.2, 0.25) is 0 Å². The van der Waals surface area contributed by atoms with Crippen LogP contribution in [0.15, 0.2) is 24.3 Å². The van der Waals surface area contributed by atoms with Gasteiger partial charge in [0, 0.05) is 17.9 Å². The van der Waals surface area contributed by atoms with Crippen molar-refractivity contribution >= 4 is 21.8 Å². The molecule has 7 nitrogen and oxygen atoms in total. The van der Waals surface area contributed by atoms with Crippen molar-refractivity contribution in [2.24, 2.45) is 0 Å². The van der Waals surface area contributed by atoms with Gasteiger partial charge in [-0.2, -0.15) is 8.42 Å². The predicted molar refractivity (Wildman–Crippen MR) is 60.6 cm³/mol. The minimum absolute atomic E-state index is 0.143. The number of hydrogen-bond acceptors (Lipinski definition) is 5. The van der Waals surface area contributed by atoms with Crippen LogP contribution >= 0.6 is 0 Å². The van der Waals surface area contributed by atoms with Crippen LogP contribution in [-0.2, 0) is 10.4 Å². The number of benzene rings is 1. The van der Waals surface area contributed by atoms with Crippen molar-refractivity contribution in [3.63, 3.8) is 0 Å². The lowest BCUT2D eigenvalue weighted by molar-refractivity contribution is 0.311. The molecular weight excluding hydrogens is 236 g/mol. The number of nitrogens with one attached hydrogen (secondary N) is 1. The van der Waals surface area contributed by atoms with Crippen LogP contribution in [0.2, 0.25) is 0 Å². The van der Waals surface area contributed by atoms with Crippen LogP contribution in [0.4, 0.5) is 11.4 Å². The maximum Gasteiger partial charge on any atom is 0.394 e. The Morgan fingerprint density at radius 2 is 1.62 bits per heavy atom. The minimum Gasteiger partial charge on any atom is -0.399 e. The fraction of sp³-hybridized carbons (Fsp3) is 0.250. The van der Waals surface area contributed by atoms with Crippen molar-refractivity contribution in [3.05, 3.63) is 24.3 Å². The van der Waals surface area contributed by atoms with Crippen LogP contribution in [0.5, 0.6) is 0 Å². The van der Waals surface area contributed by atoms with E-state index in [-0.39, 0.29) is 6.61 Å². The summed E-state index contributed by atoms with van der Waals surface area (Å²) in [6.07, 6.45) is 0. The zero-order valence-electron chi connectivity index (χ0n) is 8.37. The Bertz CT molecular complexity index is 381. The van der Waals surface area contributed by atoms with Crippen LogP contribution in [0.25, 0.3) is 0 Å². The summed E-state index contributed by atoms with van der Waals surface area (Å²) in [4.78, 5) is 0. The maximum atomic E-state index is 8.74. The highest BCUT2D eigenvalue weighted by molar-refractivity contribution is 7.79. The third-order valence-electron chi connectivity index (χ3n) is 1.35. The third-order valence-corrected chi connectivity index (χ3v) is 1.35. The lowest BCUT2D eigenvalue weighted by Gasteiger charge is -2.03. The summed E-state index contributed by atoms with van der Waals surface area (Å²) < 4.78 is 31.6. The van der Waals surface area contributed by atoms with E-state index in [0.717, 1.165) is 11.4 Å². The summed E-state index contributed by atoms with van der Waals surface area (Å²) >= 11 is 0. The number of rotatable bonds is 3. The molecule has 16 heavy (non-hydrogen) atoms. The Kier molecular flexibility index (Phi) is 6.42. The molecule has 8 heteroatoms. The first-order chi connectivity index (χ1) is 7.33. The van der Waals surface area contributed by atoms with Gasteiger partial charge in [0.05, 0.1) is 6.61 Å². The molecule has 0 radical (unpaired) electrons. The number of aliphatic hydroxyl groups is 1. The first-order valence-electron chi connectivity index (χ1n) is 4.23. The molecule has 0 spiro atoms. The topological polar surface area (TPSA) is 133 Å². The Morgan fingerprint density at radius 1 is 1.19 bits per heavy atom. The molecule has 1 rings (SSSR count). The number of aliphatic hydroxyl groups excluding tert-OH is 1. The SMILES string of the molecule is Nc1ccc(NCCO)cc1.O=S(=O)(O)O. The Labute approximate surface area is 93.5 Å². The van der Waals surface area contributed by atoms with Gasteiger partial charge in [0.1, 0.15) is 0 Å². The van der Waals surface area contributed by atoms with Gasteiger partial charge in [-0.05, 0) is 24.3 Å².